The second kappa shape index (κ2) is 4.97. The number of imidazole rings is 1. The molecule has 1 aliphatic heterocycles. The lowest BCUT2D eigenvalue weighted by Crippen LogP contribution is -2.27. The third-order valence-electron chi connectivity index (χ3n) is 4.04. The average Bonchev–Trinajstić information content (AvgIpc) is 3.10. The third-order valence-corrected chi connectivity index (χ3v) is 4.04. The molecular formula is C16H13F3N4. The van der Waals surface area contributed by atoms with Gasteiger partial charge in [0.05, 0.1) is 12.6 Å². The average molecular weight is 318 g/mol. The zero-order valence-corrected chi connectivity index (χ0v) is 12.0. The summed E-state index contributed by atoms with van der Waals surface area (Å²) in [5.41, 5.74) is 1.16. The van der Waals surface area contributed by atoms with Gasteiger partial charge in [-0.05, 0) is 29.8 Å². The van der Waals surface area contributed by atoms with E-state index < -0.39 is 24.3 Å². The van der Waals surface area contributed by atoms with Crippen molar-refractivity contribution >= 4 is 11.5 Å². The van der Waals surface area contributed by atoms with E-state index in [1.54, 1.807) is 30.6 Å². The van der Waals surface area contributed by atoms with E-state index in [1.807, 2.05) is 0 Å². The number of rotatable bonds is 2. The minimum atomic E-state index is -2.84. The zero-order valence-electron chi connectivity index (χ0n) is 12.0. The number of halogens is 3. The van der Waals surface area contributed by atoms with Crippen LogP contribution in [0.4, 0.5) is 19.0 Å². The first-order chi connectivity index (χ1) is 11.0. The van der Waals surface area contributed by atoms with E-state index in [1.165, 1.54) is 27.6 Å². The predicted octanol–water partition coefficient (Wildman–Crippen LogP) is 3.46. The van der Waals surface area contributed by atoms with Gasteiger partial charge in [0.1, 0.15) is 11.6 Å². The van der Waals surface area contributed by atoms with Crippen molar-refractivity contribution in [3.8, 4) is 0 Å². The summed E-state index contributed by atoms with van der Waals surface area (Å²) in [6.45, 7) is -0.443. The number of anilines is 1. The van der Waals surface area contributed by atoms with E-state index in [2.05, 4.69) is 10.1 Å². The minimum Gasteiger partial charge on any atom is -0.342 e. The van der Waals surface area contributed by atoms with Crippen molar-refractivity contribution in [3.63, 3.8) is 0 Å². The number of nitrogens with zero attached hydrogens (tertiary/aromatic N) is 4. The quantitative estimate of drug-likeness (QED) is 0.725. The fraction of sp³-hybridized carbons (Fsp3) is 0.250. The van der Waals surface area contributed by atoms with Gasteiger partial charge in [0.15, 0.2) is 5.65 Å². The fourth-order valence-corrected chi connectivity index (χ4v) is 3.03. The Labute approximate surface area is 130 Å². The minimum absolute atomic E-state index is 0.361. The first-order valence-electron chi connectivity index (χ1n) is 7.22. The first-order valence-corrected chi connectivity index (χ1v) is 7.22. The molecule has 1 aliphatic rings. The molecular weight excluding hydrogens is 305 g/mol. The highest BCUT2D eigenvalue weighted by Gasteiger charge is 2.46. The molecule has 0 radical (unpaired) electrons. The summed E-state index contributed by atoms with van der Waals surface area (Å²) in [5.74, 6) is -2.86. The lowest BCUT2D eigenvalue weighted by Gasteiger charge is -2.25. The zero-order chi connectivity index (χ0) is 16.0. The summed E-state index contributed by atoms with van der Waals surface area (Å²) in [5, 5.41) is 4.33. The van der Waals surface area contributed by atoms with E-state index >= 15 is 0 Å². The summed E-state index contributed by atoms with van der Waals surface area (Å²) < 4.78 is 43.0. The third kappa shape index (κ3) is 2.52. The van der Waals surface area contributed by atoms with Crippen molar-refractivity contribution in [2.24, 2.45) is 0 Å². The molecule has 0 bridgehead atoms. The molecule has 118 valence electrons. The van der Waals surface area contributed by atoms with Crippen LogP contribution < -0.4 is 4.90 Å². The molecule has 0 N–H and O–H groups in total. The van der Waals surface area contributed by atoms with Gasteiger partial charge in [0.25, 0.3) is 5.92 Å². The Hall–Kier alpha value is -2.57. The number of hydrogen-bond donors (Lipinski definition) is 0. The molecule has 1 aromatic carbocycles. The fourth-order valence-electron chi connectivity index (χ4n) is 3.03. The van der Waals surface area contributed by atoms with Gasteiger partial charge in [-0.3, -0.25) is 0 Å². The van der Waals surface area contributed by atoms with Crippen molar-refractivity contribution in [1.82, 2.24) is 14.6 Å². The molecule has 4 nitrogen and oxygen atoms in total. The van der Waals surface area contributed by atoms with Gasteiger partial charge in [-0.2, -0.15) is 0 Å². The highest BCUT2D eigenvalue weighted by atomic mass is 19.3. The number of hydrogen-bond acceptors (Lipinski definition) is 3. The van der Waals surface area contributed by atoms with Crippen molar-refractivity contribution in [1.29, 1.82) is 0 Å². The van der Waals surface area contributed by atoms with Gasteiger partial charge < -0.3 is 4.90 Å². The molecule has 2 aromatic heterocycles. The monoisotopic (exact) mass is 318 g/mol. The van der Waals surface area contributed by atoms with Crippen LogP contribution in [0.3, 0.4) is 0 Å². The summed E-state index contributed by atoms with van der Waals surface area (Å²) in [6, 6.07) is 8.57. The predicted molar refractivity (Wildman–Crippen MR) is 79.0 cm³/mol. The Kier molecular flexibility index (Phi) is 3.04. The number of aromatic nitrogens is 3. The van der Waals surface area contributed by atoms with E-state index in [9.17, 15) is 13.2 Å². The van der Waals surface area contributed by atoms with Gasteiger partial charge in [-0.1, -0.05) is 12.1 Å². The maximum absolute atomic E-state index is 14.0. The maximum Gasteiger partial charge on any atom is 0.267 e. The summed E-state index contributed by atoms with van der Waals surface area (Å²) >= 11 is 0. The van der Waals surface area contributed by atoms with Crippen LogP contribution in [0, 0.1) is 5.82 Å². The molecule has 0 spiro atoms. The van der Waals surface area contributed by atoms with Crippen molar-refractivity contribution in [2.45, 2.75) is 18.4 Å². The lowest BCUT2D eigenvalue weighted by atomic mass is 10.0. The van der Waals surface area contributed by atoms with E-state index in [4.69, 9.17) is 0 Å². The molecule has 23 heavy (non-hydrogen) atoms. The van der Waals surface area contributed by atoms with Crippen LogP contribution in [0.2, 0.25) is 0 Å². The Morgan fingerprint density at radius 2 is 2.04 bits per heavy atom. The molecule has 3 heterocycles. The van der Waals surface area contributed by atoms with Crippen LogP contribution >= 0.6 is 0 Å². The lowest BCUT2D eigenvalue weighted by molar-refractivity contribution is 0.0222. The smallest absolute Gasteiger partial charge is 0.267 e. The van der Waals surface area contributed by atoms with Crippen molar-refractivity contribution < 1.29 is 13.2 Å². The van der Waals surface area contributed by atoms with Gasteiger partial charge in [-0.25, -0.2) is 22.7 Å². The molecule has 1 saturated heterocycles. The van der Waals surface area contributed by atoms with Crippen LogP contribution in [-0.4, -0.2) is 27.1 Å². The van der Waals surface area contributed by atoms with E-state index in [0.29, 0.717) is 17.0 Å². The van der Waals surface area contributed by atoms with E-state index in [0.717, 1.165) is 0 Å². The standard InChI is InChI=1S/C16H13F3N4/c17-12-3-1-2-11(8-12)13-9-16(18,19)10-22(13)15-5-4-14-20-6-7-23(14)21-15/h1-8,13H,9-10H2/t13-/m1/s1. The van der Waals surface area contributed by atoms with Crippen LogP contribution in [0.15, 0.2) is 48.8 Å². The molecule has 0 amide bonds. The first kappa shape index (κ1) is 14.0. The van der Waals surface area contributed by atoms with Gasteiger partial charge >= 0.3 is 0 Å². The van der Waals surface area contributed by atoms with Crippen LogP contribution in [0.1, 0.15) is 18.0 Å². The molecule has 1 fully saturated rings. The molecule has 3 aromatic rings. The number of benzene rings is 1. The highest BCUT2D eigenvalue weighted by Crippen LogP contribution is 2.43. The molecule has 1 atom stereocenters. The van der Waals surface area contributed by atoms with Crippen molar-refractivity contribution in [3.05, 3.63) is 60.2 Å². The summed E-state index contributed by atoms with van der Waals surface area (Å²) in [6.07, 6.45) is 2.89. The molecule has 7 heteroatoms. The molecule has 4 rings (SSSR count). The Morgan fingerprint density at radius 1 is 1.17 bits per heavy atom. The second-order valence-corrected chi connectivity index (χ2v) is 5.68. The molecule has 0 saturated carbocycles. The second-order valence-electron chi connectivity index (χ2n) is 5.68. The van der Waals surface area contributed by atoms with Gasteiger partial charge in [0, 0.05) is 18.8 Å². The van der Waals surface area contributed by atoms with Crippen LogP contribution in [0.25, 0.3) is 5.65 Å². The normalized spacial score (nSPS) is 20.3. The Bertz CT molecular complexity index is 861. The van der Waals surface area contributed by atoms with Crippen LogP contribution in [-0.2, 0) is 0 Å². The Morgan fingerprint density at radius 3 is 2.87 bits per heavy atom. The van der Waals surface area contributed by atoms with Gasteiger partial charge in [-0.15, -0.1) is 5.10 Å². The van der Waals surface area contributed by atoms with Crippen molar-refractivity contribution in [2.75, 3.05) is 11.4 Å². The Balaban J connectivity index is 1.77. The molecule has 0 aliphatic carbocycles. The van der Waals surface area contributed by atoms with Crippen LogP contribution in [0.5, 0.6) is 0 Å². The number of fused-ring (bicyclic) bond motifs is 1. The maximum atomic E-state index is 14.0. The SMILES string of the molecule is Fc1cccc([C@H]2CC(F)(F)CN2c2ccc3nccn3n2)c1. The number of alkyl halides is 2. The highest BCUT2D eigenvalue weighted by molar-refractivity contribution is 5.49. The topological polar surface area (TPSA) is 33.4 Å². The largest absolute Gasteiger partial charge is 0.342 e. The van der Waals surface area contributed by atoms with Gasteiger partial charge in [0.2, 0.25) is 0 Å². The summed E-state index contributed by atoms with van der Waals surface area (Å²) in [4.78, 5) is 5.61. The molecule has 0 unspecified atom stereocenters. The summed E-state index contributed by atoms with van der Waals surface area (Å²) in [7, 11) is 0. The van der Waals surface area contributed by atoms with E-state index in [-0.39, 0.29) is 6.42 Å².